The second-order valence-corrected chi connectivity index (χ2v) is 4.28. The molecule has 3 N–H and O–H groups in total. The molecular weight excluding hydrogens is 228 g/mol. The van der Waals surface area contributed by atoms with E-state index in [1.165, 1.54) is 0 Å². The second-order valence-electron chi connectivity index (χ2n) is 4.28. The lowest BCUT2D eigenvalue weighted by Crippen LogP contribution is -2.37. The quantitative estimate of drug-likeness (QED) is 0.765. The van der Waals surface area contributed by atoms with Crippen LogP contribution in [0.4, 0.5) is 0 Å². The summed E-state index contributed by atoms with van der Waals surface area (Å²) >= 11 is 0. The number of ether oxygens (including phenoxy) is 1. The molecule has 18 heavy (non-hydrogen) atoms. The SMILES string of the molecule is CCOCC(C)NC(=O)Cc1ccccc1CN. The molecule has 100 valence electrons. The Bertz CT molecular complexity index is 380. The summed E-state index contributed by atoms with van der Waals surface area (Å²) in [5, 5.41) is 2.91. The Kier molecular flexibility index (Phi) is 6.39. The minimum Gasteiger partial charge on any atom is -0.380 e. The highest BCUT2D eigenvalue weighted by molar-refractivity contribution is 5.79. The van der Waals surface area contributed by atoms with Gasteiger partial charge in [0.1, 0.15) is 0 Å². The van der Waals surface area contributed by atoms with Gasteiger partial charge in [-0.1, -0.05) is 24.3 Å². The Morgan fingerprint density at radius 3 is 2.67 bits per heavy atom. The fraction of sp³-hybridized carbons (Fsp3) is 0.500. The third-order valence-electron chi connectivity index (χ3n) is 2.67. The van der Waals surface area contributed by atoms with Crippen molar-refractivity contribution in [3.63, 3.8) is 0 Å². The van der Waals surface area contributed by atoms with Crippen LogP contribution in [0.15, 0.2) is 24.3 Å². The molecule has 1 amide bonds. The molecule has 0 saturated heterocycles. The molecule has 0 aromatic heterocycles. The first kappa shape index (κ1) is 14.7. The van der Waals surface area contributed by atoms with Crippen LogP contribution in [0.3, 0.4) is 0 Å². The minimum absolute atomic E-state index is 0.00287. The van der Waals surface area contributed by atoms with Crippen molar-refractivity contribution in [1.82, 2.24) is 5.32 Å². The summed E-state index contributed by atoms with van der Waals surface area (Å²) < 4.78 is 5.26. The Hall–Kier alpha value is -1.39. The summed E-state index contributed by atoms with van der Waals surface area (Å²) in [7, 11) is 0. The van der Waals surface area contributed by atoms with Gasteiger partial charge in [0.15, 0.2) is 0 Å². The van der Waals surface area contributed by atoms with Crippen LogP contribution in [0, 0.1) is 0 Å². The predicted octanol–water partition coefficient (Wildman–Crippen LogP) is 1.23. The molecule has 1 rings (SSSR count). The van der Waals surface area contributed by atoms with E-state index in [-0.39, 0.29) is 11.9 Å². The number of amides is 1. The molecule has 0 aliphatic rings. The number of nitrogens with one attached hydrogen (secondary N) is 1. The summed E-state index contributed by atoms with van der Waals surface area (Å²) in [6.45, 7) is 5.53. The number of hydrogen-bond donors (Lipinski definition) is 2. The first-order chi connectivity index (χ1) is 8.67. The van der Waals surface area contributed by atoms with Crippen molar-refractivity contribution in [3.8, 4) is 0 Å². The molecule has 1 unspecified atom stereocenters. The van der Waals surface area contributed by atoms with Gasteiger partial charge >= 0.3 is 0 Å². The molecule has 0 heterocycles. The van der Waals surface area contributed by atoms with E-state index in [4.69, 9.17) is 10.5 Å². The number of hydrogen-bond acceptors (Lipinski definition) is 3. The van der Waals surface area contributed by atoms with Crippen molar-refractivity contribution in [1.29, 1.82) is 0 Å². The van der Waals surface area contributed by atoms with Gasteiger partial charge in [0.25, 0.3) is 0 Å². The Labute approximate surface area is 109 Å². The van der Waals surface area contributed by atoms with E-state index in [0.717, 1.165) is 11.1 Å². The van der Waals surface area contributed by atoms with Crippen LogP contribution in [0.1, 0.15) is 25.0 Å². The van der Waals surface area contributed by atoms with Crippen LogP contribution in [0.25, 0.3) is 0 Å². The zero-order valence-electron chi connectivity index (χ0n) is 11.1. The number of nitrogens with two attached hydrogens (primary N) is 1. The van der Waals surface area contributed by atoms with Gasteiger partial charge in [-0.05, 0) is 25.0 Å². The predicted molar refractivity (Wildman–Crippen MR) is 72.1 cm³/mol. The van der Waals surface area contributed by atoms with E-state index >= 15 is 0 Å². The average Bonchev–Trinajstić information content (AvgIpc) is 2.36. The topological polar surface area (TPSA) is 64.3 Å². The molecule has 0 bridgehead atoms. The molecule has 0 spiro atoms. The average molecular weight is 250 g/mol. The van der Waals surface area contributed by atoms with Gasteiger partial charge in [-0.3, -0.25) is 4.79 Å². The van der Waals surface area contributed by atoms with Crippen LogP contribution in [-0.2, 0) is 22.5 Å². The molecule has 1 aromatic carbocycles. The lowest BCUT2D eigenvalue weighted by molar-refractivity contribution is -0.121. The van der Waals surface area contributed by atoms with Gasteiger partial charge in [0.05, 0.1) is 13.0 Å². The van der Waals surface area contributed by atoms with E-state index in [0.29, 0.717) is 26.2 Å². The maximum Gasteiger partial charge on any atom is 0.224 e. The fourth-order valence-corrected chi connectivity index (χ4v) is 1.76. The summed E-state index contributed by atoms with van der Waals surface area (Å²) in [6, 6.07) is 7.77. The summed E-state index contributed by atoms with van der Waals surface area (Å²) in [6.07, 6.45) is 0.365. The monoisotopic (exact) mass is 250 g/mol. The molecule has 0 fully saturated rings. The zero-order chi connectivity index (χ0) is 13.4. The van der Waals surface area contributed by atoms with E-state index in [9.17, 15) is 4.79 Å². The molecule has 0 aliphatic heterocycles. The summed E-state index contributed by atoms with van der Waals surface area (Å²) in [5.74, 6) is 0.00287. The van der Waals surface area contributed by atoms with Crippen LogP contribution in [0.2, 0.25) is 0 Å². The lowest BCUT2D eigenvalue weighted by Gasteiger charge is -2.14. The van der Waals surface area contributed by atoms with E-state index in [1.54, 1.807) is 0 Å². The highest BCUT2D eigenvalue weighted by atomic mass is 16.5. The third-order valence-corrected chi connectivity index (χ3v) is 2.67. The van der Waals surface area contributed by atoms with Crippen molar-refractivity contribution in [2.75, 3.05) is 13.2 Å². The standard InChI is InChI=1S/C14H22N2O2/c1-3-18-10-11(2)16-14(17)8-12-6-4-5-7-13(12)9-15/h4-7,11H,3,8-10,15H2,1-2H3,(H,16,17). The van der Waals surface area contributed by atoms with Crippen LogP contribution in [-0.4, -0.2) is 25.2 Å². The first-order valence-corrected chi connectivity index (χ1v) is 6.31. The van der Waals surface area contributed by atoms with Gasteiger partial charge in [0.2, 0.25) is 5.91 Å². The van der Waals surface area contributed by atoms with Crippen LogP contribution < -0.4 is 11.1 Å². The van der Waals surface area contributed by atoms with Crippen molar-refractivity contribution in [2.24, 2.45) is 5.73 Å². The largest absolute Gasteiger partial charge is 0.380 e. The Morgan fingerprint density at radius 2 is 2.06 bits per heavy atom. The number of benzene rings is 1. The van der Waals surface area contributed by atoms with Gasteiger partial charge in [-0.15, -0.1) is 0 Å². The van der Waals surface area contributed by atoms with Gasteiger partial charge in [-0.2, -0.15) is 0 Å². The maximum absolute atomic E-state index is 11.8. The van der Waals surface area contributed by atoms with Crippen molar-refractivity contribution in [3.05, 3.63) is 35.4 Å². The zero-order valence-corrected chi connectivity index (χ0v) is 11.1. The smallest absolute Gasteiger partial charge is 0.224 e. The first-order valence-electron chi connectivity index (χ1n) is 6.31. The minimum atomic E-state index is 0.00287. The fourth-order valence-electron chi connectivity index (χ4n) is 1.76. The maximum atomic E-state index is 11.8. The summed E-state index contributed by atoms with van der Waals surface area (Å²) in [4.78, 5) is 11.8. The molecule has 0 aliphatic carbocycles. The number of rotatable bonds is 7. The van der Waals surface area contributed by atoms with Crippen LogP contribution >= 0.6 is 0 Å². The third kappa shape index (κ3) is 4.85. The molecule has 4 heteroatoms. The lowest BCUT2D eigenvalue weighted by atomic mass is 10.0. The molecule has 0 saturated carbocycles. The van der Waals surface area contributed by atoms with Gasteiger partial charge < -0.3 is 15.8 Å². The van der Waals surface area contributed by atoms with Crippen molar-refractivity contribution < 1.29 is 9.53 Å². The molecule has 4 nitrogen and oxygen atoms in total. The number of carbonyl (C=O) groups excluding carboxylic acids is 1. The molecular formula is C14H22N2O2. The molecule has 0 radical (unpaired) electrons. The van der Waals surface area contributed by atoms with Gasteiger partial charge in [0, 0.05) is 19.2 Å². The van der Waals surface area contributed by atoms with E-state index in [2.05, 4.69) is 5.32 Å². The van der Waals surface area contributed by atoms with E-state index in [1.807, 2.05) is 38.1 Å². The van der Waals surface area contributed by atoms with E-state index < -0.39 is 0 Å². The van der Waals surface area contributed by atoms with Crippen LogP contribution in [0.5, 0.6) is 0 Å². The number of carbonyl (C=O) groups is 1. The normalized spacial score (nSPS) is 12.2. The highest BCUT2D eigenvalue weighted by Crippen LogP contribution is 2.08. The molecule has 1 atom stereocenters. The van der Waals surface area contributed by atoms with Crippen molar-refractivity contribution in [2.45, 2.75) is 32.9 Å². The Balaban J connectivity index is 2.49. The van der Waals surface area contributed by atoms with Gasteiger partial charge in [-0.25, -0.2) is 0 Å². The molecule has 1 aromatic rings. The van der Waals surface area contributed by atoms with Crippen molar-refractivity contribution >= 4 is 5.91 Å². The highest BCUT2D eigenvalue weighted by Gasteiger charge is 2.09. The Morgan fingerprint density at radius 1 is 1.39 bits per heavy atom. The second kappa shape index (κ2) is 7.84. The summed E-state index contributed by atoms with van der Waals surface area (Å²) in [5.41, 5.74) is 7.65.